The fourth-order valence-electron chi connectivity index (χ4n) is 2.85. The van der Waals surface area contributed by atoms with E-state index in [-0.39, 0.29) is 12.3 Å². The van der Waals surface area contributed by atoms with E-state index in [9.17, 15) is 14.2 Å². The molecule has 1 aromatic carbocycles. The van der Waals surface area contributed by atoms with Crippen molar-refractivity contribution in [1.29, 1.82) is 0 Å². The summed E-state index contributed by atoms with van der Waals surface area (Å²) in [6.07, 6.45) is -0.851. The number of ether oxygens (including phenoxy) is 1. The van der Waals surface area contributed by atoms with Crippen LogP contribution in [0, 0.1) is 5.92 Å². The molecule has 1 heterocycles. The van der Waals surface area contributed by atoms with Crippen LogP contribution in [0.1, 0.15) is 45.0 Å². The van der Waals surface area contributed by atoms with E-state index in [1.54, 1.807) is 65.0 Å². The first-order valence-corrected chi connectivity index (χ1v) is 10.9. The van der Waals surface area contributed by atoms with Gasteiger partial charge in [0.2, 0.25) is 0 Å². The van der Waals surface area contributed by atoms with Gasteiger partial charge in [-0.25, -0.2) is 4.79 Å². The van der Waals surface area contributed by atoms with Crippen LogP contribution in [0.25, 0.3) is 0 Å². The zero-order valence-electron chi connectivity index (χ0n) is 16.7. The van der Waals surface area contributed by atoms with Crippen molar-refractivity contribution < 1.29 is 27.9 Å². The molecule has 0 fully saturated rings. The van der Waals surface area contributed by atoms with Crippen LogP contribution in [-0.2, 0) is 23.1 Å². The average Bonchev–Trinajstić information content (AvgIpc) is 3.06. The molecule has 0 aromatic heterocycles. The van der Waals surface area contributed by atoms with E-state index in [0.717, 1.165) is 0 Å². The first kappa shape index (κ1) is 22.3. The minimum absolute atomic E-state index is 0.122. The van der Waals surface area contributed by atoms with Gasteiger partial charge < -0.3 is 13.8 Å². The first-order valence-electron chi connectivity index (χ1n) is 9.25. The van der Waals surface area contributed by atoms with E-state index in [0.29, 0.717) is 5.56 Å². The Kier molecular flexibility index (Phi) is 7.52. The van der Waals surface area contributed by atoms with Gasteiger partial charge in [-0.05, 0) is 34.6 Å². The summed E-state index contributed by atoms with van der Waals surface area (Å²) in [6.45, 7) is 8.64. The normalized spacial score (nSPS) is 19.5. The summed E-state index contributed by atoms with van der Waals surface area (Å²) in [5.41, 5.74) is 2.87. The maximum absolute atomic E-state index is 13.6. The van der Waals surface area contributed by atoms with E-state index in [1.165, 1.54) is 0 Å². The molecule has 0 bridgehead atoms. The Morgan fingerprint density at radius 2 is 1.68 bits per heavy atom. The van der Waals surface area contributed by atoms with Crippen molar-refractivity contribution in [2.24, 2.45) is 11.0 Å². The largest absolute Gasteiger partial charge is 0.461 e. The Hall–Kier alpha value is -2.02. The van der Waals surface area contributed by atoms with Crippen LogP contribution in [-0.4, -0.2) is 42.1 Å². The molecule has 9 heteroatoms. The Morgan fingerprint density at radius 1 is 1.11 bits per heavy atom. The monoisotopic (exact) mass is 410 g/mol. The molecule has 1 aliphatic rings. The maximum atomic E-state index is 13.6. The number of hydrazone groups is 1. The predicted octanol–water partition coefficient (Wildman–Crippen LogP) is 3.38. The fraction of sp³-hybridized carbons (Fsp3) is 0.526. The van der Waals surface area contributed by atoms with E-state index in [4.69, 9.17) is 13.8 Å². The minimum Gasteiger partial charge on any atom is -0.461 e. The third-order valence-electron chi connectivity index (χ3n) is 3.81. The number of rotatable bonds is 9. The number of hydrogen-bond donors (Lipinski definition) is 1. The lowest BCUT2D eigenvalue weighted by molar-refractivity contribution is -0.135. The van der Waals surface area contributed by atoms with Crippen molar-refractivity contribution in [2.75, 3.05) is 6.61 Å². The quantitative estimate of drug-likeness (QED) is 0.378. The van der Waals surface area contributed by atoms with E-state index in [2.05, 4.69) is 10.5 Å². The van der Waals surface area contributed by atoms with Crippen molar-refractivity contribution in [3.8, 4) is 0 Å². The second-order valence-corrected chi connectivity index (χ2v) is 8.91. The van der Waals surface area contributed by atoms with Gasteiger partial charge in [-0.2, -0.15) is 5.10 Å². The third-order valence-corrected chi connectivity index (χ3v) is 6.34. The summed E-state index contributed by atoms with van der Waals surface area (Å²) in [4.78, 5) is 25.6. The summed E-state index contributed by atoms with van der Waals surface area (Å²) < 4.78 is 29.9. The molecule has 154 valence electrons. The van der Waals surface area contributed by atoms with Crippen LogP contribution in [0.2, 0.25) is 0 Å². The molecule has 8 nitrogen and oxygen atoms in total. The lowest BCUT2D eigenvalue weighted by Crippen LogP contribution is -2.40. The van der Waals surface area contributed by atoms with Gasteiger partial charge in [-0.1, -0.05) is 30.3 Å². The molecule has 0 unspecified atom stereocenters. The standard InChI is InChI=1S/C19H27N2O6P/c1-6-25-19(23)16-15(17(22)14-10-8-7-9-11-14)18(21-20-16)28(24,26-12(2)3)27-13(4)5/h7-13,15,18,21H,6H2,1-5H3/t15-,18-/m1/s1. The number of nitrogens with zero attached hydrogens (tertiary/aromatic N) is 1. The summed E-state index contributed by atoms with van der Waals surface area (Å²) in [6, 6.07) is 8.44. The number of nitrogens with one attached hydrogen (secondary N) is 1. The smallest absolute Gasteiger partial charge is 0.355 e. The minimum atomic E-state index is -3.86. The second-order valence-electron chi connectivity index (χ2n) is 6.85. The van der Waals surface area contributed by atoms with Gasteiger partial charge in [0.15, 0.2) is 17.3 Å². The molecule has 0 saturated heterocycles. The summed E-state index contributed by atoms with van der Waals surface area (Å²) >= 11 is 0. The highest BCUT2D eigenvalue weighted by Gasteiger charge is 2.53. The molecule has 1 aliphatic heterocycles. The number of Topliss-reactive ketones (excluding diaryl/α,β-unsaturated/α-hetero) is 1. The summed E-state index contributed by atoms with van der Waals surface area (Å²) in [5.74, 6) is -3.45. The molecule has 0 amide bonds. The van der Waals surface area contributed by atoms with Crippen LogP contribution in [0.5, 0.6) is 0 Å². The highest BCUT2D eigenvalue weighted by Crippen LogP contribution is 2.57. The zero-order chi connectivity index (χ0) is 20.9. The number of esters is 1. The highest BCUT2D eigenvalue weighted by molar-refractivity contribution is 7.54. The van der Waals surface area contributed by atoms with E-state index in [1.807, 2.05) is 0 Å². The predicted molar refractivity (Wildman–Crippen MR) is 105 cm³/mol. The highest BCUT2D eigenvalue weighted by atomic mass is 31.2. The van der Waals surface area contributed by atoms with Gasteiger partial charge in [0.1, 0.15) is 5.92 Å². The molecular formula is C19H27N2O6P. The zero-order valence-corrected chi connectivity index (χ0v) is 17.6. The fourth-order valence-corrected chi connectivity index (χ4v) is 5.18. The average molecular weight is 410 g/mol. The lowest BCUT2D eigenvalue weighted by Gasteiger charge is -2.30. The molecule has 0 aliphatic carbocycles. The van der Waals surface area contributed by atoms with Gasteiger partial charge in [0, 0.05) is 5.56 Å². The van der Waals surface area contributed by atoms with Crippen molar-refractivity contribution in [3.63, 3.8) is 0 Å². The number of ketones is 1. The van der Waals surface area contributed by atoms with Gasteiger partial charge in [-0.15, -0.1) is 0 Å². The van der Waals surface area contributed by atoms with Gasteiger partial charge in [0.05, 0.1) is 18.8 Å². The van der Waals surface area contributed by atoms with Crippen molar-refractivity contribution in [1.82, 2.24) is 5.43 Å². The molecule has 0 saturated carbocycles. The van der Waals surface area contributed by atoms with Gasteiger partial charge in [0.25, 0.3) is 0 Å². The van der Waals surface area contributed by atoms with Gasteiger partial charge in [-0.3, -0.25) is 14.8 Å². The molecule has 1 N–H and O–H groups in total. The third kappa shape index (κ3) is 5.07. The molecular weight excluding hydrogens is 383 g/mol. The number of carbonyl (C=O) groups excluding carboxylic acids is 2. The van der Waals surface area contributed by atoms with Crippen LogP contribution >= 0.6 is 7.60 Å². The second kappa shape index (κ2) is 9.45. The molecule has 2 atom stereocenters. The van der Waals surface area contributed by atoms with Crippen molar-refractivity contribution in [2.45, 2.75) is 52.6 Å². The molecule has 1 aromatic rings. The molecule has 2 rings (SSSR count). The summed E-state index contributed by atoms with van der Waals surface area (Å²) in [7, 11) is -3.86. The van der Waals surface area contributed by atoms with E-state index < -0.39 is 43.3 Å². The SMILES string of the molecule is CCOC(=O)C1=NN[C@H](P(=O)(OC(C)C)OC(C)C)[C@H]1C(=O)c1ccccc1. The number of benzene rings is 1. The van der Waals surface area contributed by atoms with Crippen molar-refractivity contribution >= 4 is 25.1 Å². The van der Waals surface area contributed by atoms with Crippen LogP contribution in [0.3, 0.4) is 0 Å². The number of carbonyl (C=O) groups is 2. The first-order chi connectivity index (χ1) is 13.2. The Balaban J connectivity index is 2.48. The molecule has 28 heavy (non-hydrogen) atoms. The Labute approximate surface area is 165 Å². The maximum Gasteiger partial charge on any atom is 0.355 e. The van der Waals surface area contributed by atoms with Crippen LogP contribution < -0.4 is 5.43 Å². The Morgan fingerprint density at radius 3 is 2.18 bits per heavy atom. The summed E-state index contributed by atoms with van der Waals surface area (Å²) in [5, 5.41) is 3.98. The number of hydrogen-bond acceptors (Lipinski definition) is 8. The molecule has 0 radical (unpaired) electrons. The Bertz CT molecular complexity index is 764. The van der Waals surface area contributed by atoms with Crippen LogP contribution in [0.15, 0.2) is 35.4 Å². The van der Waals surface area contributed by atoms with E-state index >= 15 is 0 Å². The van der Waals surface area contributed by atoms with Crippen molar-refractivity contribution in [3.05, 3.63) is 35.9 Å². The van der Waals surface area contributed by atoms with Gasteiger partial charge >= 0.3 is 13.6 Å². The lowest BCUT2D eigenvalue weighted by atomic mass is 9.93. The van der Waals surface area contributed by atoms with Crippen LogP contribution in [0.4, 0.5) is 0 Å². The molecule has 0 spiro atoms. The topological polar surface area (TPSA) is 103 Å².